The molecule has 254 valence electrons. The average Bonchev–Trinajstić information content (AvgIpc) is 3.50. The number of piperidine rings is 1. The third-order valence-corrected chi connectivity index (χ3v) is 9.57. The van der Waals surface area contributed by atoms with Crippen LogP contribution in [0.15, 0.2) is 60.0 Å². The predicted molar refractivity (Wildman–Crippen MR) is 185 cm³/mol. The van der Waals surface area contributed by atoms with E-state index in [-0.39, 0.29) is 42.5 Å². The van der Waals surface area contributed by atoms with Gasteiger partial charge in [-0.1, -0.05) is 25.1 Å². The topological polar surface area (TPSA) is 161 Å². The Morgan fingerprint density at radius 1 is 1.12 bits per heavy atom. The number of benzene rings is 1. The molecule has 1 aromatic carbocycles. The lowest BCUT2D eigenvalue weighted by molar-refractivity contribution is -0.138. The van der Waals surface area contributed by atoms with E-state index in [0.717, 1.165) is 11.1 Å². The number of hydrogen-bond acceptors (Lipinski definition) is 9. The Labute approximate surface area is 291 Å². The van der Waals surface area contributed by atoms with Crippen LogP contribution in [0.5, 0.6) is 0 Å². The highest BCUT2D eigenvalue weighted by atomic mass is 79.9. The zero-order chi connectivity index (χ0) is 34.9. The molecule has 3 amide bonds. The van der Waals surface area contributed by atoms with Crippen LogP contribution in [-0.4, -0.2) is 78.4 Å². The van der Waals surface area contributed by atoms with Crippen molar-refractivity contribution in [1.82, 2.24) is 34.9 Å². The molecule has 6 rings (SSSR count). The average molecular weight is 730 g/mol. The summed E-state index contributed by atoms with van der Waals surface area (Å²) in [5, 5.41) is 11.1. The van der Waals surface area contributed by atoms with Crippen LogP contribution in [-0.2, 0) is 32.3 Å². The number of ketones is 1. The first-order valence-corrected chi connectivity index (χ1v) is 16.9. The fraction of sp³-hybridized carbons (Fsp3) is 0.371. The van der Waals surface area contributed by atoms with Gasteiger partial charge in [-0.3, -0.25) is 23.9 Å². The fourth-order valence-corrected chi connectivity index (χ4v) is 6.81. The summed E-state index contributed by atoms with van der Waals surface area (Å²) in [7, 11) is 0. The number of Topliss-reactive ketones (excluding diaryl/α,β-unsaturated/α-hetero) is 1. The van der Waals surface area contributed by atoms with Gasteiger partial charge >= 0.3 is 0 Å². The van der Waals surface area contributed by atoms with E-state index in [1.807, 2.05) is 18.2 Å². The van der Waals surface area contributed by atoms with Crippen molar-refractivity contribution in [2.45, 2.75) is 65.3 Å². The zero-order valence-electron chi connectivity index (χ0n) is 27.5. The standard InChI is InChI=1S/C35H37BrN8O5/c1-5-11-49-18-23-8-10-29(36)40-33(23)41-34(48)27-13-35(19-39-30(46)6-2)14-28(35)44(27)31(47)17-43-26-9-7-22(24-15-37-21(4)38-16-24)12-25(26)32(42-43)20(3)45/h5,7-10,12,15-16,27-28H,1,6,11,13-14,17-19H2,2-4H3,(H,39,46)(H,40,41,48)/t27-,28?,35?/m0/s1. The third-order valence-electron chi connectivity index (χ3n) is 9.13. The molecule has 49 heavy (non-hydrogen) atoms. The first kappa shape index (κ1) is 34.1. The van der Waals surface area contributed by atoms with E-state index in [4.69, 9.17) is 4.74 Å². The van der Waals surface area contributed by atoms with Crippen molar-refractivity contribution in [3.8, 4) is 11.1 Å². The van der Waals surface area contributed by atoms with E-state index in [1.54, 1.807) is 49.3 Å². The Morgan fingerprint density at radius 3 is 2.61 bits per heavy atom. The number of nitrogens with one attached hydrogen (secondary N) is 2. The van der Waals surface area contributed by atoms with E-state index in [0.29, 0.717) is 65.1 Å². The highest BCUT2D eigenvalue weighted by Crippen LogP contribution is 2.59. The molecule has 3 aromatic heterocycles. The van der Waals surface area contributed by atoms with Crippen LogP contribution in [0, 0.1) is 12.3 Å². The molecule has 2 N–H and O–H groups in total. The highest BCUT2D eigenvalue weighted by Gasteiger charge is 2.67. The Morgan fingerprint density at radius 2 is 1.90 bits per heavy atom. The first-order valence-electron chi connectivity index (χ1n) is 16.1. The molecular weight excluding hydrogens is 692 g/mol. The molecule has 1 aliphatic carbocycles. The number of anilines is 1. The number of halogens is 1. The molecule has 1 aliphatic heterocycles. The zero-order valence-corrected chi connectivity index (χ0v) is 29.1. The normalized spacial score (nSPS) is 19.4. The smallest absolute Gasteiger partial charge is 0.248 e. The van der Waals surface area contributed by atoms with Crippen molar-refractivity contribution in [3.05, 3.63) is 77.1 Å². The maximum absolute atomic E-state index is 14.2. The fourth-order valence-electron chi connectivity index (χ4n) is 6.50. The number of amides is 3. The van der Waals surface area contributed by atoms with Gasteiger partial charge in [0.05, 0.1) is 18.7 Å². The molecule has 1 saturated heterocycles. The summed E-state index contributed by atoms with van der Waals surface area (Å²) in [5.74, 6) is -0.0778. The van der Waals surface area contributed by atoms with E-state index >= 15 is 0 Å². The van der Waals surface area contributed by atoms with Gasteiger partial charge in [0.15, 0.2) is 5.78 Å². The van der Waals surface area contributed by atoms with E-state index < -0.39 is 17.4 Å². The highest BCUT2D eigenvalue weighted by molar-refractivity contribution is 9.10. The Balaban J connectivity index is 1.29. The molecule has 13 nitrogen and oxygen atoms in total. The lowest BCUT2D eigenvalue weighted by Gasteiger charge is -2.27. The van der Waals surface area contributed by atoms with Gasteiger partial charge in [0.2, 0.25) is 17.7 Å². The van der Waals surface area contributed by atoms with E-state index in [9.17, 15) is 19.2 Å². The summed E-state index contributed by atoms with van der Waals surface area (Å²) in [6.45, 7) is 9.39. The maximum Gasteiger partial charge on any atom is 0.248 e. The molecule has 14 heteroatoms. The minimum absolute atomic E-state index is 0.0929. The number of carbonyl (C=O) groups excluding carboxylic acids is 4. The number of nitrogens with zero attached hydrogens (tertiary/aromatic N) is 6. The molecule has 2 aliphatic rings. The summed E-state index contributed by atoms with van der Waals surface area (Å²) >= 11 is 3.38. The van der Waals surface area contributed by atoms with Crippen molar-refractivity contribution in [3.63, 3.8) is 0 Å². The maximum atomic E-state index is 14.2. The number of fused-ring (bicyclic) bond motifs is 2. The second-order valence-electron chi connectivity index (χ2n) is 12.5. The van der Waals surface area contributed by atoms with Crippen LogP contribution in [0.2, 0.25) is 0 Å². The van der Waals surface area contributed by atoms with E-state index in [1.165, 1.54) is 11.6 Å². The largest absolute Gasteiger partial charge is 0.373 e. The third kappa shape index (κ3) is 7.01. The molecular formula is C35H37BrN8O5. The lowest BCUT2D eigenvalue weighted by Crippen LogP contribution is -2.47. The van der Waals surface area contributed by atoms with Crippen LogP contribution in [0.4, 0.5) is 5.82 Å². The molecule has 0 radical (unpaired) electrons. The van der Waals surface area contributed by atoms with Crippen molar-refractivity contribution in [2.24, 2.45) is 5.41 Å². The number of ether oxygens (including phenoxy) is 1. The van der Waals surface area contributed by atoms with Crippen LogP contribution in [0.25, 0.3) is 22.0 Å². The number of carbonyl (C=O) groups is 4. The molecule has 2 unspecified atom stereocenters. The lowest BCUT2D eigenvalue weighted by atomic mass is 9.99. The number of rotatable bonds is 13. The molecule has 3 atom stereocenters. The molecule has 4 heterocycles. The van der Waals surface area contributed by atoms with Crippen LogP contribution in [0.3, 0.4) is 0 Å². The second kappa shape index (κ2) is 14.0. The van der Waals surface area contributed by atoms with Crippen LogP contribution < -0.4 is 10.6 Å². The van der Waals surface area contributed by atoms with Gasteiger partial charge in [0, 0.05) is 60.3 Å². The Bertz CT molecular complexity index is 1960. The van der Waals surface area contributed by atoms with Gasteiger partial charge in [0.25, 0.3) is 0 Å². The summed E-state index contributed by atoms with van der Waals surface area (Å²) < 4.78 is 7.66. The molecule has 1 saturated carbocycles. The first-order chi connectivity index (χ1) is 23.5. The number of aromatic nitrogens is 5. The molecule has 0 spiro atoms. The molecule has 2 fully saturated rings. The number of hydrogen-bond donors (Lipinski definition) is 2. The van der Waals surface area contributed by atoms with Crippen LogP contribution >= 0.6 is 15.9 Å². The SMILES string of the molecule is C=CCOCc1ccc(Br)nc1NC(=O)[C@@H]1CC2(CNC(=O)CC)CC2N1C(=O)Cn1nc(C(C)=O)c2cc(-c3cnc(C)nc3)ccc21. The van der Waals surface area contributed by atoms with Crippen molar-refractivity contribution in [2.75, 3.05) is 18.5 Å². The number of aryl methyl sites for hydroxylation is 1. The van der Waals surface area contributed by atoms with Gasteiger partial charge in [-0.05, 0) is 59.5 Å². The van der Waals surface area contributed by atoms with Gasteiger partial charge in [-0.25, -0.2) is 15.0 Å². The summed E-state index contributed by atoms with van der Waals surface area (Å²) in [6, 6.07) is 8.04. The summed E-state index contributed by atoms with van der Waals surface area (Å²) in [5.41, 5.74) is 2.68. The number of likely N-dealkylation sites (tertiary alicyclic amines) is 1. The molecule has 0 bridgehead atoms. The monoisotopic (exact) mass is 728 g/mol. The van der Waals surface area contributed by atoms with Crippen molar-refractivity contribution in [1.29, 1.82) is 0 Å². The molecule has 4 aromatic rings. The van der Waals surface area contributed by atoms with Crippen molar-refractivity contribution < 1.29 is 23.9 Å². The summed E-state index contributed by atoms with van der Waals surface area (Å²) in [6.07, 6.45) is 6.43. The van der Waals surface area contributed by atoms with Crippen LogP contribution in [0.1, 0.15) is 55.0 Å². The quantitative estimate of drug-likeness (QED) is 0.0881. The van der Waals surface area contributed by atoms with Gasteiger partial charge < -0.3 is 20.3 Å². The summed E-state index contributed by atoms with van der Waals surface area (Å²) in [4.78, 5) is 67.8. The number of pyridine rings is 1. The predicted octanol–water partition coefficient (Wildman–Crippen LogP) is 4.39. The van der Waals surface area contributed by atoms with Gasteiger partial charge in [0.1, 0.15) is 34.5 Å². The Hall–Kier alpha value is -4.82. The Kier molecular flexibility index (Phi) is 9.70. The van der Waals surface area contributed by atoms with Gasteiger partial charge in [-0.2, -0.15) is 5.10 Å². The second-order valence-corrected chi connectivity index (χ2v) is 13.3. The van der Waals surface area contributed by atoms with Gasteiger partial charge in [-0.15, -0.1) is 6.58 Å². The van der Waals surface area contributed by atoms with E-state index in [2.05, 4.69) is 53.2 Å². The van der Waals surface area contributed by atoms with Crippen molar-refractivity contribution >= 4 is 56.2 Å². The minimum Gasteiger partial charge on any atom is -0.373 e. The minimum atomic E-state index is -0.824.